The van der Waals surface area contributed by atoms with Crippen molar-refractivity contribution in [3.63, 3.8) is 0 Å². The third-order valence-corrected chi connectivity index (χ3v) is 5.52. The number of carbonyl (C=O) groups is 2. The van der Waals surface area contributed by atoms with E-state index in [2.05, 4.69) is 26.5 Å². The van der Waals surface area contributed by atoms with Crippen molar-refractivity contribution in [3.05, 3.63) is 66.4 Å². The van der Waals surface area contributed by atoms with E-state index in [9.17, 15) is 9.59 Å². The maximum atomic E-state index is 12.5. The van der Waals surface area contributed by atoms with Gasteiger partial charge in [-0.2, -0.15) is 0 Å². The van der Waals surface area contributed by atoms with E-state index in [0.717, 1.165) is 22.2 Å². The maximum absolute atomic E-state index is 12.5. The van der Waals surface area contributed by atoms with Gasteiger partial charge in [-0.05, 0) is 31.0 Å². The largest absolute Gasteiger partial charge is 0.496 e. The molecule has 0 spiro atoms. The molecular formula is C24H27N5O3. The van der Waals surface area contributed by atoms with Gasteiger partial charge in [-0.3, -0.25) is 14.6 Å². The maximum Gasteiger partial charge on any atom is 0.238 e. The van der Waals surface area contributed by atoms with Crippen LogP contribution in [0.1, 0.15) is 30.9 Å². The lowest BCUT2D eigenvalue weighted by atomic mass is 10.0. The van der Waals surface area contributed by atoms with E-state index in [1.54, 1.807) is 13.3 Å². The number of anilines is 1. The van der Waals surface area contributed by atoms with Gasteiger partial charge in [-0.1, -0.05) is 36.4 Å². The van der Waals surface area contributed by atoms with Gasteiger partial charge in [0.25, 0.3) is 0 Å². The second kappa shape index (κ2) is 10.2. The van der Waals surface area contributed by atoms with Gasteiger partial charge in [0.05, 0.1) is 24.4 Å². The molecular weight excluding hydrogens is 406 g/mol. The van der Waals surface area contributed by atoms with E-state index in [4.69, 9.17) is 4.74 Å². The topological polar surface area (TPSA) is 104 Å². The third-order valence-electron chi connectivity index (χ3n) is 5.52. The smallest absolute Gasteiger partial charge is 0.238 e. The van der Waals surface area contributed by atoms with E-state index in [0.29, 0.717) is 31.5 Å². The first-order valence-electron chi connectivity index (χ1n) is 10.7. The van der Waals surface area contributed by atoms with E-state index in [-0.39, 0.29) is 23.9 Å². The number of fused-ring (bicyclic) bond motifs is 1. The molecule has 4 N–H and O–H groups in total. The Morgan fingerprint density at radius 3 is 2.81 bits per heavy atom. The number of rotatable bonds is 8. The van der Waals surface area contributed by atoms with Crippen LogP contribution in [0, 0.1) is 0 Å². The first kappa shape index (κ1) is 21.7. The van der Waals surface area contributed by atoms with E-state index >= 15 is 0 Å². The Morgan fingerprint density at radius 1 is 1.09 bits per heavy atom. The molecule has 1 aliphatic heterocycles. The van der Waals surface area contributed by atoms with Gasteiger partial charge in [-0.15, -0.1) is 0 Å². The summed E-state index contributed by atoms with van der Waals surface area (Å²) in [7, 11) is 1.64. The zero-order valence-corrected chi connectivity index (χ0v) is 17.9. The highest BCUT2D eigenvalue weighted by molar-refractivity contribution is 6.00. The predicted molar refractivity (Wildman–Crippen MR) is 123 cm³/mol. The van der Waals surface area contributed by atoms with Crippen LogP contribution in [0.25, 0.3) is 10.9 Å². The molecule has 166 valence electrons. The van der Waals surface area contributed by atoms with Crippen LogP contribution < -0.4 is 26.2 Å². The lowest BCUT2D eigenvalue weighted by Gasteiger charge is -2.14. The SMILES string of the molecule is COc1ccccc1C1CC(C(=O)NCCCC(=O)Nc2cccc3cccnc23)NN1. The quantitative estimate of drug-likeness (QED) is 0.407. The molecule has 8 nitrogen and oxygen atoms in total. The van der Waals surface area contributed by atoms with Crippen molar-refractivity contribution in [3.8, 4) is 5.75 Å². The van der Waals surface area contributed by atoms with Crippen LogP contribution in [0.5, 0.6) is 5.75 Å². The predicted octanol–water partition coefficient (Wildman–Crippen LogP) is 2.69. The molecule has 4 rings (SSSR count). The highest BCUT2D eigenvalue weighted by atomic mass is 16.5. The van der Waals surface area contributed by atoms with Crippen LogP contribution in [0.3, 0.4) is 0 Å². The van der Waals surface area contributed by atoms with Crippen molar-refractivity contribution >= 4 is 28.4 Å². The van der Waals surface area contributed by atoms with Crippen LogP contribution in [-0.4, -0.2) is 36.5 Å². The van der Waals surface area contributed by atoms with E-state index < -0.39 is 0 Å². The summed E-state index contributed by atoms with van der Waals surface area (Å²) < 4.78 is 5.41. The summed E-state index contributed by atoms with van der Waals surface area (Å²) in [6.45, 7) is 0.428. The average Bonchev–Trinajstić information content (AvgIpc) is 3.32. The molecule has 0 saturated carbocycles. The second-order valence-electron chi connectivity index (χ2n) is 7.69. The Balaban J connectivity index is 1.21. The fourth-order valence-electron chi connectivity index (χ4n) is 3.89. The molecule has 2 unspecified atom stereocenters. The normalized spacial score (nSPS) is 17.8. The van der Waals surface area contributed by atoms with Gasteiger partial charge in [0, 0.05) is 30.1 Å². The number of methoxy groups -OCH3 is 1. The molecule has 2 heterocycles. The van der Waals surface area contributed by atoms with Crippen molar-refractivity contribution in [2.45, 2.75) is 31.3 Å². The zero-order valence-electron chi connectivity index (χ0n) is 17.9. The van der Waals surface area contributed by atoms with E-state index in [1.165, 1.54) is 0 Å². The monoisotopic (exact) mass is 433 g/mol. The lowest BCUT2D eigenvalue weighted by Crippen LogP contribution is -2.43. The number of nitrogens with one attached hydrogen (secondary N) is 4. The number of para-hydroxylation sites is 2. The molecule has 3 aromatic rings. The zero-order chi connectivity index (χ0) is 22.3. The Bertz CT molecular complexity index is 1100. The van der Waals surface area contributed by atoms with Crippen LogP contribution in [0.2, 0.25) is 0 Å². The molecule has 2 atom stereocenters. The summed E-state index contributed by atoms with van der Waals surface area (Å²) in [5.41, 5.74) is 8.69. The molecule has 8 heteroatoms. The third kappa shape index (κ3) is 5.04. The molecule has 0 radical (unpaired) electrons. The van der Waals surface area contributed by atoms with Gasteiger partial charge >= 0.3 is 0 Å². The fraction of sp³-hybridized carbons (Fsp3) is 0.292. The number of pyridine rings is 1. The number of hydrogen-bond donors (Lipinski definition) is 4. The highest BCUT2D eigenvalue weighted by Crippen LogP contribution is 2.29. The molecule has 0 aliphatic carbocycles. The lowest BCUT2D eigenvalue weighted by molar-refractivity contribution is -0.123. The number of hydrogen-bond acceptors (Lipinski definition) is 6. The van der Waals surface area contributed by atoms with Crippen LogP contribution in [0.4, 0.5) is 5.69 Å². The minimum atomic E-state index is -0.347. The van der Waals surface area contributed by atoms with Crippen molar-refractivity contribution in [1.82, 2.24) is 21.2 Å². The number of amides is 2. The second-order valence-corrected chi connectivity index (χ2v) is 7.69. The first-order chi connectivity index (χ1) is 15.7. The molecule has 1 aromatic heterocycles. The van der Waals surface area contributed by atoms with Crippen molar-refractivity contribution in [2.75, 3.05) is 19.0 Å². The Morgan fingerprint density at radius 2 is 1.94 bits per heavy atom. The summed E-state index contributed by atoms with van der Waals surface area (Å²) in [5, 5.41) is 6.80. The summed E-state index contributed by atoms with van der Waals surface area (Å²) >= 11 is 0. The van der Waals surface area contributed by atoms with Crippen molar-refractivity contribution in [1.29, 1.82) is 0 Å². The van der Waals surface area contributed by atoms with Gasteiger partial charge < -0.3 is 15.4 Å². The number of hydrazine groups is 1. The number of benzene rings is 2. The summed E-state index contributed by atoms with van der Waals surface area (Å²) in [6, 6.07) is 16.9. The molecule has 0 bridgehead atoms. The molecule has 1 fully saturated rings. The first-order valence-corrected chi connectivity index (χ1v) is 10.7. The number of aromatic nitrogens is 1. The number of ether oxygens (including phenoxy) is 1. The van der Waals surface area contributed by atoms with Gasteiger partial charge in [-0.25, -0.2) is 10.9 Å². The molecule has 32 heavy (non-hydrogen) atoms. The minimum absolute atomic E-state index is 0.0121. The molecule has 2 amide bonds. The Labute approximate surface area is 186 Å². The molecule has 1 saturated heterocycles. The number of carbonyl (C=O) groups excluding carboxylic acids is 2. The molecule has 2 aromatic carbocycles. The van der Waals surface area contributed by atoms with Gasteiger partial charge in [0.2, 0.25) is 11.8 Å². The Hall–Kier alpha value is -3.49. The summed E-state index contributed by atoms with van der Waals surface area (Å²) in [6.07, 6.45) is 3.17. The van der Waals surface area contributed by atoms with Crippen LogP contribution in [-0.2, 0) is 9.59 Å². The summed E-state index contributed by atoms with van der Waals surface area (Å²) in [4.78, 5) is 29.2. The van der Waals surface area contributed by atoms with Gasteiger partial charge in [0.1, 0.15) is 11.8 Å². The van der Waals surface area contributed by atoms with Crippen LogP contribution in [0.15, 0.2) is 60.8 Å². The molecule has 1 aliphatic rings. The van der Waals surface area contributed by atoms with Crippen LogP contribution >= 0.6 is 0 Å². The van der Waals surface area contributed by atoms with Crippen molar-refractivity contribution in [2.24, 2.45) is 0 Å². The Kier molecular flexibility index (Phi) is 6.94. The van der Waals surface area contributed by atoms with E-state index in [1.807, 2.05) is 54.6 Å². The van der Waals surface area contributed by atoms with Crippen molar-refractivity contribution < 1.29 is 14.3 Å². The summed E-state index contributed by atoms with van der Waals surface area (Å²) in [5.74, 6) is 0.600. The number of nitrogens with zero attached hydrogens (tertiary/aromatic N) is 1. The standard InChI is InChI=1S/C24H27N5O3/c1-32-21-11-3-2-9-17(21)19-15-20(29-28-19)24(31)26-14-6-12-22(30)27-18-10-4-7-16-8-5-13-25-23(16)18/h2-5,7-11,13,19-20,28-29H,6,12,14-15H2,1H3,(H,26,31)(H,27,30). The highest BCUT2D eigenvalue weighted by Gasteiger charge is 2.31. The van der Waals surface area contributed by atoms with Gasteiger partial charge in [0.15, 0.2) is 0 Å². The average molecular weight is 434 g/mol. The minimum Gasteiger partial charge on any atom is -0.496 e. The fourth-order valence-corrected chi connectivity index (χ4v) is 3.89.